The summed E-state index contributed by atoms with van der Waals surface area (Å²) in [6.07, 6.45) is 0. The van der Waals surface area contributed by atoms with Crippen LogP contribution in [0, 0.1) is 13.8 Å². The van der Waals surface area contributed by atoms with Crippen molar-refractivity contribution >= 4 is 15.9 Å². The molecule has 0 spiro atoms. The molecule has 1 aliphatic rings. The lowest BCUT2D eigenvalue weighted by Gasteiger charge is -2.34. The van der Waals surface area contributed by atoms with Crippen molar-refractivity contribution in [2.24, 2.45) is 0 Å². The molecule has 1 heterocycles. The van der Waals surface area contributed by atoms with Crippen molar-refractivity contribution in [2.45, 2.75) is 31.7 Å². The molecule has 1 saturated heterocycles. The van der Waals surface area contributed by atoms with Crippen molar-refractivity contribution in [2.75, 3.05) is 32.7 Å². The Bertz CT molecular complexity index is 953. The fraction of sp³-hybridized carbons (Fsp3) is 0.409. The first kappa shape index (κ1) is 21.5. The summed E-state index contributed by atoms with van der Waals surface area (Å²) in [6.45, 7) is 7.58. The summed E-state index contributed by atoms with van der Waals surface area (Å²) in [5.41, 5.74) is 3.15. The monoisotopic (exact) mass is 415 g/mol. The standard InChI is InChI=1S/C22H29N3O3S/c1-17-9-10-21(15-18(17)2)29(27,28)25-13-11-24(12-14-25)22(26)16-23-19(3)20-7-5-4-6-8-20/h4-10,15,19,23H,11-14,16H2,1-3H3/t19-/m0/s1. The molecule has 0 radical (unpaired) electrons. The van der Waals surface area contributed by atoms with E-state index in [0.29, 0.717) is 31.1 Å². The van der Waals surface area contributed by atoms with Crippen molar-refractivity contribution in [3.63, 3.8) is 0 Å². The van der Waals surface area contributed by atoms with E-state index in [2.05, 4.69) is 5.32 Å². The normalized spacial score (nSPS) is 16.6. The maximum absolute atomic E-state index is 12.9. The first-order valence-electron chi connectivity index (χ1n) is 9.92. The van der Waals surface area contributed by atoms with Crippen LogP contribution in [0.25, 0.3) is 0 Å². The highest BCUT2D eigenvalue weighted by Gasteiger charge is 2.30. The fourth-order valence-electron chi connectivity index (χ4n) is 3.41. The molecule has 7 heteroatoms. The third kappa shape index (κ3) is 5.04. The Labute approximate surface area is 173 Å². The van der Waals surface area contributed by atoms with E-state index in [9.17, 15) is 13.2 Å². The van der Waals surface area contributed by atoms with Gasteiger partial charge in [-0.3, -0.25) is 4.79 Å². The van der Waals surface area contributed by atoms with Gasteiger partial charge in [-0.15, -0.1) is 0 Å². The van der Waals surface area contributed by atoms with Crippen molar-refractivity contribution < 1.29 is 13.2 Å². The number of amides is 1. The Morgan fingerprint density at radius 2 is 1.66 bits per heavy atom. The van der Waals surface area contributed by atoms with Gasteiger partial charge in [-0.1, -0.05) is 36.4 Å². The fourth-order valence-corrected chi connectivity index (χ4v) is 4.92. The largest absolute Gasteiger partial charge is 0.339 e. The van der Waals surface area contributed by atoms with Gasteiger partial charge in [0.1, 0.15) is 0 Å². The number of benzene rings is 2. The molecule has 1 fully saturated rings. The van der Waals surface area contributed by atoms with Crippen molar-refractivity contribution in [3.8, 4) is 0 Å². The van der Waals surface area contributed by atoms with Crippen molar-refractivity contribution in [1.82, 2.24) is 14.5 Å². The van der Waals surface area contributed by atoms with Crippen molar-refractivity contribution in [1.29, 1.82) is 0 Å². The molecule has 2 aromatic carbocycles. The molecule has 0 bridgehead atoms. The van der Waals surface area contributed by atoms with Gasteiger partial charge in [0, 0.05) is 32.2 Å². The SMILES string of the molecule is Cc1ccc(S(=O)(=O)N2CCN(C(=O)CN[C@@H](C)c3ccccc3)CC2)cc1C. The molecule has 29 heavy (non-hydrogen) atoms. The van der Waals surface area contributed by atoms with E-state index in [1.165, 1.54) is 4.31 Å². The highest BCUT2D eigenvalue weighted by atomic mass is 32.2. The van der Waals surface area contributed by atoms with E-state index in [1.54, 1.807) is 17.0 Å². The second-order valence-corrected chi connectivity index (χ2v) is 9.48. The molecule has 0 saturated carbocycles. The molecule has 156 valence electrons. The van der Waals surface area contributed by atoms with Gasteiger partial charge in [0.05, 0.1) is 11.4 Å². The molecular formula is C22H29N3O3S. The maximum atomic E-state index is 12.9. The van der Waals surface area contributed by atoms with Gasteiger partial charge in [-0.2, -0.15) is 4.31 Å². The molecule has 0 aliphatic carbocycles. The van der Waals surface area contributed by atoms with E-state index in [-0.39, 0.29) is 18.5 Å². The summed E-state index contributed by atoms with van der Waals surface area (Å²) in [6, 6.07) is 15.3. The molecule has 1 aliphatic heterocycles. The first-order chi connectivity index (χ1) is 13.8. The molecule has 1 atom stereocenters. The van der Waals surface area contributed by atoms with Gasteiger partial charge in [0.2, 0.25) is 15.9 Å². The predicted octanol–water partition coefficient (Wildman–Crippen LogP) is 2.49. The van der Waals surface area contributed by atoms with Gasteiger partial charge < -0.3 is 10.2 Å². The van der Waals surface area contributed by atoms with Crippen LogP contribution >= 0.6 is 0 Å². The number of hydrogen-bond acceptors (Lipinski definition) is 4. The quantitative estimate of drug-likeness (QED) is 0.787. The van der Waals surface area contributed by atoms with Crippen LogP contribution in [0.2, 0.25) is 0 Å². The summed E-state index contributed by atoms with van der Waals surface area (Å²) in [5.74, 6) is -0.00369. The van der Waals surface area contributed by atoms with Crippen LogP contribution in [0.15, 0.2) is 53.4 Å². The Morgan fingerprint density at radius 3 is 2.28 bits per heavy atom. The van der Waals surface area contributed by atoms with Crippen LogP contribution in [0.4, 0.5) is 0 Å². The summed E-state index contributed by atoms with van der Waals surface area (Å²) >= 11 is 0. The van der Waals surface area contributed by atoms with Crippen LogP contribution in [0.5, 0.6) is 0 Å². The van der Waals surface area contributed by atoms with Gasteiger partial charge in [0.15, 0.2) is 0 Å². The van der Waals surface area contributed by atoms with Gasteiger partial charge >= 0.3 is 0 Å². The van der Waals surface area contributed by atoms with E-state index in [4.69, 9.17) is 0 Å². The van der Waals surface area contributed by atoms with Crippen LogP contribution < -0.4 is 5.32 Å². The highest BCUT2D eigenvalue weighted by molar-refractivity contribution is 7.89. The second kappa shape index (κ2) is 9.07. The number of sulfonamides is 1. The molecule has 1 amide bonds. The van der Waals surface area contributed by atoms with Crippen LogP contribution in [-0.4, -0.2) is 56.3 Å². The molecule has 0 aromatic heterocycles. The summed E-state index contributed by atoms with van der Waals surface area (Å²) in [5, 5.41) is 3.25. The number of nitrogens with one attached hydrogen (secondary N) is 1. The molecular weight excluding hydrogens is 386 g/mol. The number of nitrogens with zero attached hydrogens (tertiary/aromatic N) is 2. The van der Waals surface area contributed by atoms with Gasteiger partial charge in [-0.25, -0.2) is 8.42 Å². The van der Waals surface area contributed by atoms with Crippen LogP contribution in [-0.2, 0) is 14.8 Å². The van der Waals surface area contributed by atoms with E-state index >= 15 is 0 Å². The number of rotatable bonds is 6. The summed E-state index contributed by atoms with van der Waals surface area (Å²) < 4.78 is 27.3. The molecule has 1 N–H and O–H groups in total. The summed E-state index contributed by atoms with van der Waals surface area (Å²) in [7, 11) is -3.53. The average molecular weight is 416 g/mol. The van der Waals surface area contributed by atoms with Crippen molar-refractivity contribution in [3.05, 3.63) is 65.2 Å². The lowest BCUT2D eigenvalue weighted by atomic mass is 10.1. The topological polar surface area (TPSA) is 69.7 Å². The number of carbonyl (C=O) groups is 1. The minimum Gasteiger partial charge on any atom is -0.339 e. The average Bonchev–Trinajstić information content (AvgIpc) is 2.74. The van der Waals surface area contributed by atoms with Gasteiger partial charge in [-0.05, 0) is 49.6 Å². The molecule has 2 aromatic rings. The highest BCUT2D eigenvalue weighted by Crippen LogP contribution is 2.20. The Hall–Kier alpha value is -2.22. The zero-order valence-electron chi connectivity index (χ0n) is 17.3. The Kier molecular flexibility index (Phi) is 6.72. The second-order valence-electron chi connectivity index (χ2n) is 7.54. The van der Waals surface area contributed by atoms with Crippen LogP contribution in [0.3, 0.4) is 0 Å². The number of piperazine rings is 1. The minimum atomic E-state index is -3.53. The Morgan fingerprint density at radius 1 is 1.00 bits per heavy atom. The minimum absolute atomic E-state index is 0.00369. The summed E-state index contributed by atoms with van der Waals surface area (Å²) in [4.78, 5) is 14.6. The van der Waals surface area contributed by atoms with Crippen LogP contribution in [0.1, 0.15) is 29.7 Å². The molecule has 0 unspecified atom stereocenters. The zero-order valence-corrected chi connectivity index (χ0v) is 18.1. The predicted molar refractivity (Wildman–Crippen MR) is 114 cm³/mol. The molecule has 3 rings (SSSR count). The van der Waals surface area contributed by atoms with E-state index in [1.807, 2.05) is 57.2 Å². The third-order valence-electron chi connectivity index (χ3n) is 5.57. The number of aryl methyl sites for hydroxylation is 2. The van der Waals surface area contributed by atoms with Gasteiger partial charge in [0.25, 0.3) is 0 Å². The smallest absolute Gasteiger partial charge is 0.243 e. The number of hydrogen-bond donors (Lipinski definition) is 1. The maximum Gasteiger partial charge on any atom is 0.243 e. The third-order valence-corrected chi connectivity index (χ3v) is 7.46. The molecule has 6 nitrogen and oxygen atoms in total. The lowest BCUT2D eigenvalue weighted by molar-refractivity contribution is -0.131. The van der Waals surface area contributed by atoms with E-state index in [0.717, 1.165) is 16.7 Å². The lowest BCUT2D eigenvalue weighted by Crippen LogP contribution is -2.52. The van der Waals surface area contributed by atoms with E-state index < -0.39 is 10.0 Å². The Balaban J connectivity index is 1.54. The zero-order chi connectivity index (χ0) is 21.0. The number of carbonyl (C=O) groups excluding carboxylic acids is 1. The first-order valence-corrected chi connectivity index (χ1v) is 11.4.